The number of hydrogen-bond acceptors (Lipinski definition) is 3. The Morgan fingerprint density at radius 3 is 2.42 bits per heavy atom. The molecule has 2 bridgehead atoms. The molecule has 2 unspecified atom stereocenters. The quantitative estimate of drug-likeness (QED) is 0.566. The van der Waals surface area contributed by atoms with Gasteiger partial charge >= 0.3 is 11.9 Å². The highest BCUT2D eigenvalue weighted by atomic mass is 16.6. The summed E-state index contributed by atoms with van der Waals surface area (Å²) in [6.45, 7) is 7.52. The largest absolute Gasteiger partial charge is 0.473 e. The first-order chi connectivity index (χ1) is 12.1. The van der Waals surface area contributed by atoms with Gasteiger partial charge in [-0.05, 0) is 85.9 Å². The van der Waals surface area contributed by atoms with Crippen LogP contribution < -0.4 is 0 Å². The molecule has 4 nitrogen and oxygen atoms in total. The zero-order valence-electron chi connectivity index (χ0n) is 16.6. The summed E-state index contributed by atoms with van der Waals surface area (Å²) in [4.78, 5) is 22.4. The summed E-state index contributed by atoms with van der Waals surface area (Å²) in [7, 11) is 0. The second-order valence-corrected chi connectivity index (χ2v) is 10.9. The maximum Gasteiger partial charge on any atom is 0.417 e. The van der Waals surface area contributed by atoms with Crippen LogP contribution >= 0.6 is 0 Å². The molecule has 1 N–H and O–H groups in total. The molecule has 26 heavy (non-hydrogen) atoms. The highest BCUT2D eigenvalue weighted by Gasteiger charge is 2.64. The van der Waals surface area contributed by atoms with Crippen molar-refractivity contribution < 1.29 is 19.4 Å². The average molecular weight is 363 g/mol. The third-order valence-electron chi connectivity index (χ3n) is 9.32. The number of esters is 1. The van der Waals surface area contributed by atoms with Crippen molar-refractivity contribution >= 4 is 11.9 Å². The van der Waals surface area contributed by atoms with E-state index in [1.165, 1.54) is 51.4 Å². The zero-order valence-corrected chi connectivity index (χ0v) is 16.6. The van der Waals surface area contributed by atoms with E-state index in [0.29, 0.717) is 22.2 Å². The molecule has 0 radical (unpaired) electrons. The van der Waals surface area contributed by atoms with Gasteiger partial charge in [0.05, 0.1) is 6.61 Å². The van der Waals surface area contributed by atoms with E-state index >= 15 is 0 Å². The van der Waals surface area contributed by atoms with Crippen molar-refractivity contribution in [3.05, 3.63) is 0 Å². The van der Waals surface area contributed by atoms with Crippen molar-refractivity contribution in [3.63, 3.8) is 0 Å². The summed E-state index contributed by atoms with van der Waals surface area (Å²) in [5.74, 6) is -1.26. The van der Waals surface area contributed by atoms with Gasteiger partial charge in [0, 0.05) is 5.41 Å². The van der Waals surface area contributed by atoms with E-state index < -0.39 is 11.9 Å². The molecule has 0 saturated heterocycles. The summed E-state index contributed by atoms with van der Waals surface area (Å²) < 4.78 is 5.21. The third kappa shape index (κ3) is 2.54. The first kappa shape index (κ1) is 18.3. The third-order valence-corrected chi connectivity index (χ3v) is 9.32. The predicted molar refractivity (Wildman–Crippen MR) is 98.5 cm³/mol. The Balaban J connectivity index is 1.59. The maximum atomic E-state index is 11.5. The molecule has 4 aliphatic carbocycles. The summed E-state index contributed by atoms with van der Waals surface area (Å²) in [5.41, 5.74) is 1.36. The molecule has 4 rings (SSSR count). The second kappa shape index (κ2) is 5.72. The highest BCUT2D eigenvalue weighted by molar-refractivity contribution is 6.28. The lowest BCUT2D eigenvalue weighted by Crippen LogP contribution is -2.58. The standard InChI is InChI=1S/C22H34O4/c1-19-9-5-16-21(3)8-4-7-20(2,14-26-18(25)17(23)24)15(21)6-10-22(16,13-19)12-11-19/h15-16H,4-14H2,1-3H3,(H,23,24)/t15?,16?,19-,20-,21-,22+/m1/s1. The van der Waals surface area contributed by atoms with E-state index in [1.807, 2.05) is 0 Å². The number of carbonyl (C=O) groups excluding carboxylic acids is 1. The van der Waals surface area contributed by atoms with Gasteiger partial charge in [0.1, 0.15) is 0 Å². The monoisotopic (exact) mass is 362 g/mol. The van der Waals surface area contributed by atoms with Crippen molar-refractivity contribution in [1.29, 1.82) is 0 Å². The summed E-state index contributed by atoms with van der Waals surface area (Å²) in [5, 5.41) is 8.85. The Labute approximate surface area is 157 Å². The summed E-state index contributed by atoms with van der Waals surface area (Å²) >= 11 is 0. The van der Waals surface area contributed by atoms with Crippen LogP contribution in [0.15, 0.2) is 0 Å². The number of carboxylic acids is 1. The van der Waals surface area contributed by atoms with Crippen molar-refractivity contribution in [3.8, 4) is 0 Å². The van der Waals surface area contributed by atoms with Crippen molar-refractivity contribution in [1.82, 2.24) is 0 Å². The zero-order chi connectivity index (χ0) is 18.8. The number of rotatable bonds is 2. The van der Waals surface area contributed by atoms with Crippen molar-refractivity contribution in [2.75, 3.05) is 6.61 Å². The van der Waals surface area contributed by atoms with Gasteiger partial charge in [0.25, 0.3) is 0 Å². The lowest BCUT2D eigenvalue weighted by molar-refractivity contribution is -0.181. The number of aliphatic carboxylic acids is 1. The number of ether oxygens (including phenoxy) is 1. The van der Waals surface area contributed by atoms with Crippen molar-refractivity contribution in [2.45, 2.75) is 85.0 Å². The highest BCUT2D eigenvalue weighted by Crippen LogP contribution is 2.73. The Kier molecular flexibility index (Phi) is 4.03. The minimum Gasteiger partial charge on any atom is -0.473 e. The molecule has 0 aromatic rings. The van der Waals surface area contributed by atoms with Gasteiger partial charge < -0.3 is 9.84 Å². The van der Waals surface area contributed by atoms with Gasteiger partial charge in [0.15, 0.2) is 0 Å². The number of hydrogen-bond donors (Lipinski definition) is 1. The van der Waals surface area contributed by atoms with Crippen LogP contribution in [-0.4, -0.2) is 23.7 Å². The van der Waals surface area contributed by atoms with E-state index in [2.05, 4.69) is 20.8 Å². The van der Waals surface area contributed by atoms with Crippen LogP contribution in [0.25, 0.3) is 0 Å². The van der Waals surface area contributed by atoms with Gasteiger partial charge in [-0.2, -0.15) is 0 Å². The molecule has 146 valence electrons. The smallest absolute Gasteiger partial charge is 0.417 e. The fraction of sp³-hybridized carbons (Fsp3) is 0.909. The number of carbonyl (C=O) groups is 2. The van der Waals surface area contributed by atoms with Gasteiger partial charge in [0.2, 0.25) is 0 Å². The van der Waals surface area contributed by atoms with E-state index in [0.717, 1.165) is 18.8 Å². The first-order valence-electron chi connectivity index (χ1n) is 10.5. The molecule has 0 heterocycles. The van der Waals surface area contributed by atoms with Crippen LogP contribution in [0.1, 0.15) is 85.0 Å². The van der Waals surface area contributed by atoms with E-state index in [1.54, 1.807) is 0 Å². The van der Waals surface area contributed by atoms with Gasteiger partial charge in [-0.1, -0.05) is 27.2 Å². The molecule has 4 aliphatic rings. The van der Waals surface area contributed by atoms with Crippen LogP contribution in [0.5, 0.6) is 0 Å². The Hall–Kier alpha value is -1.06. The Morgan fingerprint density at radius 1 is 0.962 bits per heavy atom. The SMILES string of the molecule is C[C@@]12CCC3[C@@](CCC4[C@@](C)(COC(=O)C(=O)O)CCC[C@]43C)(CC1)C2. The number of fused-ring (bicyclic) bond motifs is 3. The molecular weight excluding hydrogens is 328 g/mol. The molecule has 1 spiro atoms. The second-order valence-electron chi connectivity index (χ2n) is 10.9. The topological polar surface area (TPSA) is 63.6 Å². The van der Waals surface area contributed by atoms with Crippen LogP contribution in [0, 0.1) is 33.5 Å². The molecule has 0 amide bonds. The fourth-order valence-electron chi connectivity index (χ4n) is 8.31. The molecule has 0 aliphatic heterocycles. The molecule has 4 fully saturated rings. The summed E-state index contributed by atoms with van der Waals surface area (Å²) in [6, 6.07) is 0. The van der Waals surface area contributed by atoms with Gasteiger partial charge in [-0.3, -0.25) is 0 Å². The molecular formula is C22H34O4. The lowest BCUT2D eigenvalue weighted by atomic mass is 9.40. The van der Waals surface area contributed by atoms with Crippen LogP contribution in [-0.2, 0) is 14.3 Å². The molecule has 6 atom stereocenters. The van der Waals surface area contributed by atoms with Crippen LogP contribution in [0.2, 0.25) is 0 Å². The average Bonchev–Trinajstić information content (AvgIpc) is 2.82. The lowest BCUT2D eigenvalue weighted by Gasteiger charge is -2.64. The molecule has 0 aromatic heterocycles. The maximum absolute atomic E-state index is 11.5. The fourth-order valence-corrected chi connectivity index (χ4v) is 8.31. The van der Waals surface area contributed by atoms with Gasteiger partial charge in [-0.15, -0.1) is 0 Å². The minimum absolute atomic E-state index is 0.0843. The predicted octanol–water partition coefficient (Wildman–Crippen LogP) is 4.81. The Morgan fingerprint density at radius 2 is 1.69 bits per heavy atom. The summed E-state index contributed by atoms with van der Waals surface area (Å²) in [6.07, 6.45) is 13.0. The van der Waals surface area contributed by atoms with E-state index in [-0.39, 0.29) is 12.0 Å². The van der Waals surface area contributed by atoms with E-state index in [4.69, 9.17) is 9.84 Å². The van der Waals surface area contributed by atoms with Crippen LogP contribution in [0.4, 0.5) is 0 Å². The van der Waals surface area contributed by atoms with Crippen LogP contribution in [0.3, 0.4) is 0 Å². The molecule has 0 aromatic carbocycles. The molecule has 4 heteroatoms. The normalized spacial score (nSPS) is 49.8. The number of carboxylic acid groups (broad SMARTS) is 1. The minimum atomic E-state index is -1.48. The van der Waals surface area contributed by atoms with Gasteiger partial charge in [-0.25, -0.2) is 9.59 Å². The molecule has 4 saturated carbocycles. The first-order valence-corrected chi connectivity index (χ1v) is 10.5. The van der Waals surface area contributed by atoms with E-state index in [9.17, 15) is 9.59 Å². The Bertz CT molecular complexity index is 630. The van der Waals surface area contributed by atoms with Crippen molar-refractivity contribution in [2.24, 2.45) is 33.5 Å².